The van der Waals surface area contributed by atoms with Gasteiger partial charge in [-0.1, -0.05) is 6.07 Å². The van der Waals surface area contributed by atoms with Crippen LogP contribution in [0.1, 0.15) is 18.5 Å². The Balaban J connectivity index is 1.64. The van der Waals surface area contributed by atoms with E-state index in [1.54, 1.807) is 0 Å². The second kappa shape index (κ2) is 6.32. The molecule has 2 unspecified atom stereocenters. The van der Waals surface area contributed by atoms with Crippen molar-refractivity contribution < 1.29 is 19.0 Å². The monoisotopic (exact) mass is 292 g/mol. The minimum Gasteiger partial charge on any atom is -0.486 e. The first-order chi connectivity index (χ1) is 10.2. The number of rotatable bonds is 3. The van der Waals surface area contributed by atoms with Crippen LogP contribution in [-0.2, 0) is 9.53 Å². The van der Waals surface area contributed by atoms with Gasteiger partial charge in [0, 0.05) is 6.54 Å². The summed E-state index contributed by atoms with van der Waals surface area (Å²) in [7, 11) is 0. The summed E-state index contributed by atoms with van der Waals surface area (Å²) in [5, 5.41) is 6.14. The Kier molecular flexibility index (Phi) is 4.26. The first-order valence-corrected chi connectivity index (χ1v) is 7.25. The molecule has 0 radical (unpaired) electrons. The zero-order valence-electron chi connectivity index (χ0n) is 12.1. The minimum absolute atomic E-state index is 0.0444. The molecule has 1 saturated heterocycles. The molecule has 2 atom stereocenters. The van der Waals surface area contributed by atoms with Crippen LogP contribution in [-0.4, -0.2) is 44.9 Å². The quantitative estimate of drug-likeness (QED) is 0.855. The molecular formula is C15H20N2O4. The highest BCUT2D eigenvalue weighted by Crippen LogP contribution is 2.32. The Bertz CT molecular complexity index is 514. The fraction of sp³-hybridized carbons (Fsp3) is 0.533. The first-order valence-electron chi connectivity index (χ1n) is 7.25. The average molecular weight is 292 g/mol. The highest BCUT2D eigenvalue weighted by atomic mass is 16.6. The molecule has 1 amide bonds. The van der Waals surface area contributed by atoms with Gasteiger partial charge in [-0.3, -0.25) is 4.79 Å². The van der Waals surface area contributed by atoms with Gasteiger partial charge in [-0.2, -0.15) is 0 Å². The molecule has 1 aromatic rings. The lowest BCUT2D eigenvalue weighted by Gasteiger charge is -2.25. The van der Waals surface area contributed by atoms with Gasteiger partial charge in [0.2, 0.25) is 5.91 Å². The SMILES string of the molecule is CC(NC(=O)C1COCCN1)c1ccc2c(c1)OCCO2. The van der Waals surface area contributed by atoms with Gasteiger partial charge in [0.1, 0.15) is 19.3 Å². The molecule has 2 heterocycles. The van der Waals surface area contributed by atoms with E-state index in [1.807, 2.05) is 25.1 Å². The number of amides is 1. The van der Waals surface area contributed by atoms with Crippen molar-refractivity contribution in [3.05, 3.63) is 23.8 Å². The van der Waals surface area contributed by atoms with Crippen LogP contribution in [0, 0.1) is 0 Å². The summed E-state index contributed by atoms with van der Waals surface area (Å²) >= 11 is 0. The number of ether oxygens (including phenoxy) is 3. The van der Waals surface area contributed by atoms with Crippen LogP contribution in [0.3, 0.4) is 0 Å². The predicted octanol–water partition coefficient (Wildman–Crippen LogP) is 0.623. The van der Waals surface area contributed by atoms with Crippen LogP contribution in [0.25, 0.3) is 0 Å². The highest BCUT2D eigenvalue weighted by molar-refractivity contribution is 5.82. The van der Waals surface area contributed by atoms with E-state index in [0.29, 0.717) is 33.0 Å². The van der Waals surface area contributed by atoms with E-state index in [4.69, 9.17) is 14.2 Å². The summed E-state index contributed by atoms with van der Waals surface area (Å²) in [6, 6.07) is 5.37. The zero-order chi connectivity index (χ0) is 14.7. The second-order valence-corrected chi connectivity index (χ2v) is 5.21. The van der Waals surface area contributed by atoms with Crippen LogP contribution in [0.2, 0.25) is 0 Å². The van der Waals surface area contributed by atoms with Crippen LogP contribution in [0.15, 0.2) is 18.2 Å². The molecule has 0 bridgehead atoms. The van der Waals surface area contributed by atoms with Crippen molar-refractivity contribution in [2.75, 3.05) is 33.0 Å². The standard InChI is InChI=1S/C15H20N2O4/c1-10(17-15(18)12-9-19-5-4-16-12)11-2-3-13-14(8-11)21-7-6-20-13/h2-3,8,10,12,16H,4-7,9H2,1H3,(H,17,18). The number of benzene rings is 1. The molecule has 6 nitrogen and oxygen atoms in total. The molecule has 3 rings (SSSR count). The third-order valence-corrected chi connectivity index (χ3v) is 3.66. The van der Waals surface area contributed by atoms with Crippen molar-refractivity contribution in [1.82, 2.24) is 10.6 Å². The van der Waals surface area contributed by atoms with E-state index in [9.17, 15) is 4.79 Å². The summed E-state index contributed by atoms with van der Waals surface area (Å²) in [6.45, 7) is 4.86. The van der Waals surface area contributed by atoms with Gasteiger partial charge in [-0.25, -0.2) is 0 Å². The minimum atomic E-state index is -0.279. The Hall–Kier alpha value is -1.79. The van der Waals surface area contributed by atoms with E-state index in [2.05, 4.69) is 10.6 Å². The largest absolute Gasteiger partial charge is 0.486 e. The maximum absolute atomic E-state index is 12.2. The lowest BCUT2D eigenvalue weighted by molar-refractivity contribution is -0.126. The fourth-order valence-corrected chi connectivity index (χ4v) is 2.46. The molecule has 0 saturated carbocycles. The van der Waals surface area contributed by atoms with Gasteiger partial charge in [-0.15, -0.1) is 0 Å². The Labute approximate surface area is 123 Å². The zero-order valence-corrected chi connectivity index (χ0v) is 12.1. The summed E-state index contributed by atoms with van der Waals surface area (Å²) in [5.41, 5.74) is 0.990. The molecule has 21 heavy (non-hydrogen) atoms. The smallest absolute Gasteiger partial charge is 0.240 e. The second-order valence-electron chi connectivity index (χ2n) is 5.21. The summed E-state index contributed by atoms with van der Waals surface area (Å²) in [5.74, 6) is 1.45. The van der Waals surface area contributed by atoms with Crippen LogP contribution in [0.4, 0.5) is 0 Å². The average Bonchev–Trinajstić information content (AvgIpc) is 2.55. The Morgan fingerprint density at radius 2 is 2.10 bits per heavy atom. The molecule has 6 heteroatoms. The molecule has 0 aliphatic carbocycles. The summed E-state index contributed by atoms with van der Waals surface area (Å²) < 4.78 is 16.4. The molecule has 2 N–H and O–H groups in total. The van der Waals surface area contributed by atoms with Crippen molar-refractivity contribution in [2.45, 2.75) is 19.0 Å². The normalized spacial score (nSPS) is 22.4. The topological polar surface area (TPSA) is 68.8 Å². The van der Waals surface area contributed by atoms with Gasteiger partial charge in [0.05, 0.1) is 19.3 Å². The van der Waals surface area contributed by atoms with E-state index in [1.165, 1.54) is 0 Å². The number of morpholine rings is 1. The maximum Gasteiger partial charge on any atom is 0.240 e. The third-order valence-electron chi connectivity index (χ3n) is 3.66. The Morgan fingerprint density at radius 3 is 2.86 bits per heavy atom. The molecule has 2 aliphatic rings. The third kappa shape index (κ3) is 3.28. The van der Waals surface area contributed by atoms with E-state index in [0.717, 1.165) is 17.1 Å². The van der Waals surface area contributed by atoms with E-state index >= 15 is 0 Å². The lowest BCUT2D eigenvalue weighted by atomic mass is 10.1. The van der Waals surface area contributed by atoms with Crippen molar-refractivity contribution in [3.63, 3.8) is 0 Å². The molecule has 0 spiro atoms. The van der Waals surface area contributed by atoms with Crippen molar-refractivity contribution >= 4 is 5.91 Å². The number of hydrogen-bond donors (Lipinski definition) is 2. The summed E-state index contributed by atoms with van der Waals surface area (Å²) in [4.78, 5) is 12.2. The molecule has 114 valence electrons. The lowest BCUT2D eigenvalue weighted by Crippen LogP contribution is -2.51. The van der Waals surface area contributed by atoms with Crippen LogP contribution >= 0.6 is 0 Å². The van der Waals surface area contributed by atoms with Gasteiger partial charge in [0.25, 0.3) is 0 Å². The first kappa shape index (κ1) is 14.2. The number of carbonyl (C=O) groups excluding carboxylic acids is 1. The summed E-state index contributed by atoms with van der Waals surface area (Å²) in [6.07, 6.45) is 0. The maximum atomic E-state index is 12.2. The Morgan fingerprint density at radius 1 is 1.29 bits per heavy atom. The number of fused-ring (bicyclic) bond motifs is 1. The molecule has 2 aliphatic heterocycles. The van der Waals surface area contributed by atoms with Gasteiger partial charge in [0.15, 0.2) is 11.5 Å². The van der Waals surface area contributed by atoms with Gasteiger partial charge in [-0.05, 0) is 24.6 Å². The van der Waals surface area contributed by atoms with Gasteiger partial charge < -0.3 is 24.8 Å². The molecular weight excluding hydrogens is 272 g/mol. The molecule has 1 aromatic carbocycles. The van der Waals surface area contributed by atoms with E-state index in [-0.39, 0.29) is 18.0 Å². The van der Waals surface area contributed by atoms with Crippen molar-refractivity contribution in [2.24, 2.45) is 0 Å². The predicted molar refractivity (Wildman–Crippen MR) is 76.6 cm³/mol. The number of nitrogens with one attached hydrogen (secondary N) is 2. The number of carbonyl (C=O) groups is 1. The molecule has 0 aromatic heterocycles. The van der Waals surface area contributed by atoms with Gasteiger partial charge >= 0.3 is 0 Å². The van der Waals surface area contributed by atoms with Crippen molar-refractivity contribution in [3.8, 4) is 11.5 Å². The van der Waals surface area contributed by atoms with Crippen LogP contribution in [0.5, 0.6) is 11.5 Å². The van der Waals surface area contributed by atoms with E-state index < -0.39 is 0 Å². The van der Waals surface area contributed by atoms with Crippen LogP contribution < -0.4 is 20.1 Å². The fourth-order valence-electron chi connectivity index (χ4n) is 2.46. The number of hydrogen-bond acceptors (Lipinski definition) is 5. The van der Waals surface area contributed by atoms with Crippen molar-refractivity contribution in [1.29, 1.82) is 0 Å². The highest BCUT2D eigenvalue weighted by Gasteiger charge is 2.23. The molecule has 1 fully saturated rings.